The molecule has 4 heterocycles. The number of furan rings is 1. The molecule has 1 aliphatic heterocycles. The van der Waals surface area contributed by atoms with E-state index in [1.165, 1.54) is 17.7 Å². The van der Waals surface area contributed by atoms with E-state index >= 15 is 0 Å². The molecule has 1 aromatic carbocycles. The van der Waals surface area contributed by atoms with Gasteiger partial charge in [0.1, 0.15) is 22.4 Å². The largest absolute Gasteiger partial charge is 0.464 e. The zero-order chi connectivity index (χ0) is 21.9. The van der Waals surface area contributed by atoms with Crippen LogP contribution in [0.5, 0.6) is 0 Å². The number of thiazole rings is 1. The molecule has 4 aromatic rings. The van der Waals surface area contributed by atoms with Gasteiger partial charge >= 0.3 is 0 Å². The van der Waals surface area contributed by atoms with Crippen LogP contribution in [-0.2, 0) is 0 Å². The Balaban J connectivity index is 1.41. The lowest BCUT2D eigenvalue weighted by atomic mass is 9.91. The van der Waals surface area contributed by atoms with Gasteiger partial charge in [0.25, 0.3) is 0 Å². The van der Waals surface area contributed by atoms with Crippen molar-refractivity contribution in [3.05, 3.63) is 54.0 Å². The summed E-state index contributed by atoms with van der Waals surface area (Å²) >= 11 is 1.20. The number of nitrogens with zero attached hydrogens (tertiary/aromatic N) is 3. The number of benzene rings is 1. The zero-order valence-electron chi connectivity index (χ0n) is 17.3. The van der Waals surface area contributed by atoms with Crippen LogP contribution in [-0.4, -0.2) is 39.5 Å². The topological polar surface area (TPSA) is 117 Å². The molecule has 3 N–H and O–H groups in total. The van der Waals surface area contributed by atoms with E-state index in [0.29, 0.717) is 28.5 Å². The summed E-state index contributed by atoms with van der Waals surface area (Å²) in [7, 11) is 0. The quantitative estimate of drug-likeness (QED) is 0.279. The number of hydrogen-bond acceptors (Lipinski definition) is 9. The van der Waals surface area contributed by atoms with E-state index in [-0.39, 0.29) is 16.5 Å². The van der Waals surface area contributed by atoms with Crippen LogP contribution in [0.4, 0.5) is 11.5 Å². The number of piperidine rings is 1. The molecule has 0 saturated carbocycles. The third-order valence-corrected chi connectivity index (χ3v) is 6.54. The number of ketones is 1. The zero-order valence-corrected chi connectivity index (χ0v) is 18.1. The molecule has 0 spiro atoms. The second-order valence-electron chi connectivity index (χ2n) is 7.75. The number of para-hydroxylation sites is 1. The van der Waals surface area contributed by atoms with Gasteiger partial charge in [-0.3, -0.25) is 4.79 Å². The van der Waals surface area contributed by atoms with Crippen LogP contribution >= 0.6 is 11.3 Å². The average molecular weight is 447 g/mol. The van der Waals surface area contributed by atoms with Crippen LogP contribution in [0.2, 0.25) is 0 Å². The second kappa shape index (κ2) is 8.97. The maximum Gasteiger partial charge on any atom is 0.235 e. The molecule has 9 heteroatoms. The van der Waals surface area contributed by atoms with Crippen LogP contribution in [0.3, 0.4) is 0 Å². The number of carbonyl (C=O) groups is 1. The summed E-state index contributed by atoms with van der Waals surface area (Å²) in [6, 6.07) is 11.5. The number of aromatic nitrogens is 3. The summed E-state index contributed by atoms with van der Waals surface area (Å²) in [5.41, 5.74) is 2.33. The average Bonchev–Trinajstić information content (AvgIpc) is 3.50. The van der Waals surface area contributed by atoms with Gasteiger partial charge < -0.3 is 20.5 Å². The van der Waals surface area contributed by atoms with Crippen molar-refractivity contribution in [1.82, 2.24) is 20.3 Å². The monoisotopic (exact) mass is 446 g/mol. The first-order valence-corrected chi connectivity index (χ1v) is 11.3. The van der Waals surface area contributed by atoms with Crippen molar-refractivity contribution in [1.29, 1.82) is 5.41 Å². The molecular formula is C23H22N6O2S. The molecule has 0 bridgehead atoms. The summed E-state index contributed by atoms with van der Waals surface area (Å²) in [5, 5.41) is 15.2. The minimum atomic E-state index is -0.325. The molecule has 0 radical (unpaired) electrons. The highest BCUT2D eigenvalue weighted by Crippen LogP contribution is 2.33. The highest BCUT2D eigenvalue weighted by Gasteiger charge is 2.23. The lowest BCUT2D eigenvalue weighted by Crippen LogP contribution is -2.30. The van der Waals surface area contributed by atoms with Gasteiger partial charge in [0, 0.05) is 5.56 Å². The maximum absolute atomic E-state index is 12.9. The predicted molar refractivity (Wildman–Crippen MR) is 125 cm³/mol. The van der Waals surface area contributed by atoms with Crippen LogP contribution in [0.15, 0.2) is 53.4 Å². The van der Waals surface area contributed by atoms with Gasteiger partial charge in [0.2, 0.25) is 5.78 Å². The Morgan fingerprint density at radius 2 is 2.03 bits per heavy atom. The van der Waals surface area contributed by atoms with Crippen LogP contribution in [0.25, 0.3) is 21.7 Å². The fraction of sp³-hybridized carbons (Fsp3) is 0.261. The minimum absolute atomic E-state index is 0.113. The highest BCUT2D eigenvalue weighted by atomic mass is 32.1. The van der Waals surface area contributed by atoms with Gasteiger partial charge in [-0.05, 0) is 62.5 Å². The van der Waals surface area contributed by atoms with Crippen molar-refractivity contribution < 1.29 is 9.21 Å². The third-order valence-electron chi connectivity index (χ3n) is 5.58. The van der Waals surface area contributed by atoms with Gasteiger partial charge in [-0.2, -0.15) is 0 Å². The third kappa shape index (κ3) is 4.17. The molecule has 0 amide bonds. The first-order chi connectivity index (χ1) is 15.7. The maximum atomic E-state index is 12.9. The minimum Gasteiger partial charge on any atom is -0.464 e. The van der Waals surface area contributed by atoms with Gasteiger partial charge in [0.15, 0.2) is 10.8 Å². The Hall–Kier alpha value is -3.43. The smallest absolute Gasteiger partial charge is 0.235 e. The summed E-state index contributed by atoms with van der Waals surface area (Å²) < 4.78 is 5.55. The molecule has 32 heavy (non-hydrogen) atoms. The number of rotatable bonds is 7. The van der Waals surface area contributed by atoms with E-state index in [9.17, 15) is 4.79 Å². The van der Waals surface area contributed by atoms with E-state index in [1.54, 1.807) is 6.26 Å². The first kappa shape index (κ1) is 20.5. The number of hydrogen-bond donors (Lipinski definition) is 3. The van der Waals surface area contributed by atoms with Crippen molar-refractivity contribution in [3.8, 4) is 11.3 Å². The fourth-order valence-corrected chi connectivity index (χ4v) is 4.78. The standard InChI is InChI=1S/C23H22N6O2S/c24-16(12-14-7-9-25-10-8-14)20(30)23-29-19-21(26-13-27-22(19)32-23)28-17-5-2-1-4-15(17)18-6-3-11-31-18/h1-6,11,13-14,24-25H,7-10,12H2,(H,26,27,28). The molecule has 1 fully saturated rings. The van der Waals surface area contributed by atoms with Crippen molar-refractivity contribution in [2.75, 3.05) is 18.4 Å². The van der Waals surface area contributed by atoms with E-state index < -0.39 is 0 Å². The molecule has 8 nitrogen and oxygen atoms in total. The number of nitrogens with one attached hydrogen (secondary N) is 3. The first-order valence-electron chi connectivity index (χ1n) is 10.5. The van der Waals surface area contributed by atoms with Crippen LogP contribution in [0.1, 0.15) is 29.1 Å². The number of carbonyl (C=O) groups excluding carboxylic acids is 1. The SMILES string of the molecule is N=C(CC1CCNCC1)C(=O)c1nc2c(Nc3ccccc3-c3ccco3)ncnc2s1. The molecule has 3 aromatic heterocycles. The van der Waals surface area contributed by atoms with E-state index in [0.717, 1.165) is 42.9 Å². The van der Waals surface area contributed by atoms with Crippen molar-refractivity contribution in [3.63, 3.8) is 0 Å². The lowest BCUT2D eigenvalue weighted by molar-refractivity contribution is 0.106. The fourth-order valence-electron chi connectivity index (χ4n) is 3.91. The summed E-state index contributed by atoms with van der Waals surface area (Å²) in [4.78, 5) is 26.7. The van der Waals surface area contributed by atoms with E-state index in [1.807, 2.05) is 36.4 Å². The predicted octanol–water partition coefficient (Wildman–Crippen LogP) is 4.68. The van der Waals surface area contributed by atoms with Gasteiger partial charge in [-0.1, -0.05) is 23.5 Å². The van der Waals surface area contributed by atoms with Crippen molar-refractivity contribution in [2.24, 2.45) is 5.92 Å². The van der Waals surface area contributed by atoms with Gasteiger partial charge in [-0.25, -0.2) is 15.0 Å². The molecule has 1 saturated heterocycles. The molecule has 0 unspecified atom stereocenters. The number of fused-ring (bicyclic) bond motifs is 1. The molecular weight excluding hydrogens is 424 g/mol. The Kier molecular flexibility index (Phi) is 5.74. The molecule has 0 aliphatic carbocycles. The van der Waals surface area contributed by atoms with E-state index in [2.05, 4.69) is 25.6 Å². The van der Waals surface area contributed by atoms with Crippen LogP contribution in [0, 0.1) is 11.3 Å². The van der Waals surface area contributed by atoms with Gasteiger partial charge in [-0.15, -0.1) is 0 Å². The summed E-state index contributed by atoms with van der Waals surface area (Å²) in [6.07, 6.45) is 5.55. The normalized spacial score (nSPS) is 14.5. The van der Waals surface area contributed by atoms with Crippen LogP contribution < -0.4 is 10.6 Å². The molecule has 1 aliphatic rings. The Bertz CT molecular complexity index is 1260. The highest BCUT2D eigenvalue weighted by molar-refractivity contribution is 7.20. The lowest BCUT2D eigenvalue weighted by Gasteiger charge is -2.22. The van der Waals surface area contributed by atoms with Gasteiger partial charge in [0.05, 0.1) is 17.7 Å². The Morgan fingerprint density at radius 1 is 1.19 bits per heavy atom. The molecule has 5 rings (SSSR count). The van der Waals surface area contributed by atoms with Crippen molar-refractivity contribution >= 4 is 44.7 Å². The Morgan fingerprint density at radius 3 is 2.84 bits per heavy atom. The number of anilines is 2. The summed E-state index contributed by atoms with van der Waals surface area (Å²) in [5.74, 6) is 1.29. The number of Topliss-reactive ketones (excluding diaryl/α,β-unsaturated/α-hetero) is 1. The van der Waals surface area contributed by atoms with Crippen molar-refractivity contribution in [2.45, 2.75) is 19.3 Å². The van der Waals surface area contributed by atoms with E-state index in [4.69, 9.17) is 9.83 Å². The second-order valence-corrected chi connectivity index (χ2v) is 8.73. The molecule has 0 atom stereocenters. The Labute approximate surface area is 188 Å². The molecule has 162 valence electrons. The summed E-state index contributed by atoms with van der Waals surface area (Å²) in [6.45, 7) is 1.88.